The molecule has 0 saturated carbocycles. The summed E-state index contributed by atoms with van der Waals surface area (Å²) in [6.45, 7) is 0.568. The summed E-state index contributed by atoms with van der Waals surface area (Å²) >= 11 is 0. The van der Waals surface area contributed by atoms with E-state index >= 15 is 0 Å². The average Bonchev–Trinajstić information content (AvgIpc) is 2.65. The molecule has 4 nitrogen and oxygen atoms in total. The third kappa shape index (κ3) is 4.88. The van der Waals surface area contributed by atoms with Crippen LogP contribution in [0.15, 0.2) is 72.9 Å². The smallest absolute Gasteiger partial charge is 0.252 e. The lowest BCUT2D eigenvalue weighted by atomic mass is 10.1. The summed E-state index contributed by atoms with van der Waals surface area (Å²) in [5.41, 5.74) is 2.41. The van der Waals surface area contributed by atoms with Crippen molar-refractivity contribution < 1.29 is 9.18 Å². The molecule has 0 spiro atoms. The van der Waals surface area contributed by atoms with Gasteiger partial charge in [-0.05, 0) is 48.4 Å². The summed E-state index contributed by atoms with van der Waals surface area (Å²) in [5, 5.41) is 5.93. The fourth-order valence-electron chi connectivity index (χ4n) is 2.35. The second kappa shape index (κ2) is 8.06. The quantitative estimate of drug-likeness (QED) is 0.717. The third-order valence-corrected chi connectivity index (χ3v) is 3.68. The molecule has 2 aromatic carbocycles. The summed E-state index contributed by atoms with van der Waals surface area (Å²) in [5.74, 6) is 0.144. The van der Waals surface area contributed by atoms with Gasteiger partial charge in [-0.3, -0.25) is 4.79 Å². The first-order valence-corrected chi connectivity index (χ1v) is 8.01. The standard InChI is InChI=1S/C20H18FN3O/c21-17-7-9-18(10-8-17)24-19-11-6-16(14-23-19)20(25)22-13-12-15-4-2-1-3-5-15/h1-11,14H,12-13H2,(H,22,25)(H,23,24). The number of pyridine rings is 1. The maximum atomic E-state index is 12.9. The van der Waals surface area contributed by atoms with Crippen LogP contribution in [0.25, 0.3) is 0 Å². The van der Waals surface area contributed by atoms with E-state index < -0.39 is 0 Å². The van der Waals surface area contributed by atoms with Gasteiger partial charge in [0.2, 0.25) is 0 Å². The monoisotopic (exact) mass is 335 g/mol. The zero-order valence-electron chi connectivity index (χ0n) is 13.6. The molecule has 0 saturated heterocycles. The van der Waals surface area contributed by atoms with E-state index in [1.807, 2.05) is 30.3 Å². The summed E-state index contributed by atoms with van der Waals surface area (Å²) < 4.78 is 12.9. The van der Waals surface area contributed by atoms with Crippen molar-refractivity contribution >= 4 is 17.4 Å². The largest absolute Gasteiger partial charge is 0.352 e. The maximum Gasteiger partial charge on any atom is 0.252 e. The van der Waals surface area contributed by atoms with Gasteiger partial charge in [0, 0.05) is 18.4 Å². The van der Waals surface area contributed by atoms with Crippen LogP contribution in [-0.4, -0.2) is 17.4 Å². The Morgan fingerprint density at radius 2 is 1.72 bits per heavy atom. The topological polar surface area (TPSA) is 54.0 Å². The van der Waals surface area contributed by atoms with Crippen LogP contribution >= 0.6 is 0 Å². The number of aromatic nitrogens is 1. The number of hydrogen-bond acceptors (Lipinski definition) is 3. The van der Waals surface area contributed by atoms with Crippen molar-refractivity contribution in [3.05, 3.63) is 89.9 Å². The van der Waals surface area contributed by atoms with Crippen LogP contribution in [-0.2, 0) is 6.42 Å². The minimum Gasteiger partial charge on any atom is -0.352 e. The lowest BCUT2D eigenvalue weighted by Crippen LogP contribution is -2.25. The van der Waals surface area contributed by atoms with Crippen molar-refractivity contribution in [3.8, 4) is 0 Å². The molecule has 1 heterocycles. The maximum absolute atomic E-state index is 12.9. The fourth-order valence-corrected chi connectivity index (χ4v) is 2.35. The molecule has 0 aliphatic heterocycles. The second-order valence-corrected chi connectivity index (χ2v) is 5.56. The van der Waals surface area contributed by atoms with Crippen molar-refractivity contribution in [3.63, 3.8) is 0 Å². The normalized spacial score (nSPS) is 10.3. The highest BCUT2D eigenvalue weighted by Gasteiger charge is 2.06. The molecule has 1 aromatic heterocycles. The van der Waals surface area contributed by atoms with E-state index in [0.29, 0.717) is 17.9 Å². The number of carbonyl (C=O) groups is 1. The summed E-state index contributed by atoms with van der Waals surface area (Å²) in [6.07, 6.45) is 2.30. The molecule has 0 fully saturated rings. The minimum atomic E-state index is -0.291. The number of nitrogens with one attached hydrogen (secondary N) is 2. The number of carbonyl (C=O) groups excluding carboxylic acids is 1. The van der Waals surface area contributed by atoms with Gasteiger partial charge in [0.05, 0.1) is 5.56 Å². The molecule has 0 aliphatic carbocycles. The van der Waals surface area contributed by atoms with Gasteiger partial charge >= 0.3 is 0 Å². The molecule has 2 N–H and O–H groups in total. The fraction of sp³-hybridized carbons (Fsp3) is 0.100. The van der Waals surface area contributed by atoms with E-state index in [2.05, 4.69) is 15.6 Å². The highest BCUT2D eigenvalue weighted by Crippen LogP contribution is 2.15. The van der Waals surface area contributed by atoms with Gasteiger partial charge < -0.3 is 10.6 Å². The predicted molar refractivity (Wildman–Crippen MR) is 96.4 cm³/mol. The van der Waals surface area contributed by atoms with Crippen LogP contribution < -0.4 is 10.6 Å². The first kappa shape index (κ1) is 16.6. The van der Waals surface area contributed by atoms with E-state index in [1.54, 1.807) is 24.3 Å². The van der Waals surface area contributed by atoms with Gasteiger partial charge in [0.25, 0.3) is 5.91 Å². The number of anilines is 2. The molecule has 1 amide bonds. The van der Waals surface area contributed by atoms with Gasteiger partial charge in [-0.2, -0.15) is 0 Å². The van der Waals surface area contributed by atoms with Gasteiger partial charge in [0.1, 0.15) is 11.6 Å². The molecule has 0 bridgehead atoms. The molecule has 25 heavy (non-hydrogen) atoms. The Morgan fingerprint density at radius 1 is 0.960 bits per heavy atom. The van der Waals surface area contributed by atoms with Crippen molar-refractivity contribution in [1.82, 2.24) is 10.3 Å². The van der Waals surface area contributed by atoms with Gasteiger partial charge in [-0.1, -0.05) is 30.3 Å². The predicted octanol–water partition coefficient (Wildman–Crippen LogP) is 3.94. The average molecular weight is 335 g/mol. The zero-order chi connectivity index (χ0) is 17.5. The Labute approximate surface area is 145 Å². The van der Waals surface area contributed by atoms with Crippen LogP contribution in [0.3, 0.4) is 0 Å². The summed E-state index contributed by atoms with van der Waals surface area (Å²) in [6, 6.07) is 19.4. The van der Waals surface area contributed by atoms with Crippen molar-refractivity contribution in [2.75, 3.05) is 11.9 Å². The van der Waals surface area contributed by atoms with Gasteiger partial charge in [-0.25, -0.2) is 9.37 Å². The number of benzene rings is 2. The Hall–Kier alpha value is -3.21. The summed E-state index contributed by atoms with van der Waals surface area (Å²) in [4.78, 5) is 16.3. The molecular weight excluding hydrogens is 317 g/mol. The molecule has 0 unspecified atom stereocenters. The van der Waals surface area contributed by atoms with E-state index in [0.717, 1.165) is 12.1 Å². The lowest BCUT2D eigenvalue weighted by molar-refractivity contribution is 0.0954. The first-order valence-electron chi connectivity index (χ1n) is 8.01. The zero-order valence-corrected chi connectivity index (χ0v) is 13.6. The lowest BCUT2D eigenvalue weighted by Gasteiger charge is -2.08. The van der Waals surface area contributed by atoms with E-state index in [1.165, 1.54) is 23.9 Å². The molecular formula is C20H18FN3O. The van der Waals surface area contributed by atoms with Crippen LogP contribution in [0.5, 0.6) is 0 Å². The van der Waals surface area contributed by atoms with Gasteiger partial charge in [0.15, 0.2) is 0 Å². The van der Waals surface area contributed by atoms with E-state index in [4.69, 9.17) is 0 Å². The molecule has 0 aliphatic rings. The Kier molecular flexibility index (Phi) is 5.36. The van der Waals surface area contributed by atoms with Crippen LogP contribution in [0.2, 0.25) is 0 Å². The van der Waals surface area contributed by atoms with E-state index in [-0.39, 0.29) is 11.7 Å². The van der Waals surface area contributed by atoms with Gasteiger partial charge in [-0.15, -0.1) is 0 Å². The third-order valence-electron chi connectivity index (χ3n) is 3.68. The van der Waals surface area contributed by atoms with Crippen LogP contribution in [0.1, 0.15) is 15.9 Å². The van der Waals surface area contributed by atoms with Crippen molar-refractivity contribution in [1.29, 1.82) is 0 Å². The SMILES string of the molecule is O=C(NCCc1ccccc1)c1ccc(Nc2ccc(F)cc2)nc1. The molecule has 3 aromatic rings. The van der Waals surface area contributed by atoms with E-state index in [9.17, 15) is 9.18 Å². The molecule has 5 heteroatoms. The number of hydrogen-bond donors (Lipinski definition) is 2. The number of amides is 1. The Bertz CT molecular complexity index is 818. The van der Waals surface area contributed by atoms with Crippen molar-refractivity contribution in [2.24, 2.45) is 0 Å². The molecule has 126 valence electrons. The minimum absolute atomic E-state index is 0.156. The Balaban J connectivity index is 1.52. The molecule has 3 rings (SSSR count). The summed E-state index contributed by atoms with van der Waals surface area (Å²) in [7, 11) is 0. The van der Waals surface area contributed by atoms with Crippen molar-refractivity contribution in [2.45, 2.75) is 6.42 Å². The number of nitrogens with zero attached hydrogens (tertiary/aromatic N) is 1. The number of rotatable bonds is 6. The highest BCUT2D eigenvalue weighted by molar-refractivity contribution is 5.94. The first-order chi connectivity index (χ1) is 12.2. The molecule has 0 atom stereocenters. The highest BCUT2D eigenvalue weighted by atomic mass is 19.1. The van der Waals surface area contributed by atoms with Crippen LogP contribution in [0, 0.1) is 5.82 Å². The second-order valence-electron chi connectivity index (χ2n) is 5.56. The molecule has 0 radical (unpaired) electrons. The van der Waals surface area contributed by atoms with Crippen LogP contribution in [0.4, 0.5) is 15.9 Å². The Morgan fingerprint density at radius 3 is 2.40 bits per heavy atom. The number of halogens is 1.